The van der Waals surface area contributed by atoms with Gasteiger partial charge in [0.25, 0.3) is 0 Å². The van der Waals surface area contributed by atoms with E-state index in [0.29, 0.717) is 12.2 Å². The van der Waals surface area contributed by atoms with Crippen LogP contribution in [0.2, 0.25) is 0 Å². The molecule has 0 saturated heterocycles. The van der Waals surface area contributed by atoms with Gasteiger partial charge in [0.15, 0.2) is 0 Å². The highest BCUT2D eigenvalue weighted by Crippen LogP contribution is 2.44. The van der Waals surface area contributed by atoms with Crippen molar-refractivity contribution in [3.05, 3.63) is 48.1 Å². The lowest BCUT2D eigenvalue weighted by Gasteiger charge is -2.38. The Bertz CT molecular complexity index is 561. The van der Waals surface area contributed by atoms with Crippen molar-refractivity contribution in [3.63, 3.8) is 0 Å². The monoisotopic (exact) mass is 388 g/mol. The van der Waals surface area contributed by atoms with E-state index in [-0.39, 0.29) is 5.82 Å². The predicted octanol–water partition coefficient (Wildman–Crippen LogP) is 8.73. The van der Waals surface area contributed by atoms with Gasteiger partial charge >= 0.3 is 0 Å². The third-order valence-corrected chi connectivity index (χ3v) is 7.49. The summed E-state index contributed by atoms with van der Waals surface area (Å²) >= 11 is 0. The van der Waals surface area contributed by atoms with Crippen molar-refractivity contribution in [1.29, 1.82) is 0 Å². The minimum atomic E-state index is -0.122. The zero-order valence-corrected chi connectivity index (χ0v) is 17.4. The second kappa shape index (κ2) is 11.7. The molecule has 0 aliphatic heterocycles. The lowest BCUT2D eigenvalue weighted by molar-refractivity contribution is 0.155. The molecular formula is C26H38F2. The van der Waals surface area contributed by atoms with E-state index in [2.05, 4.69) is 0 Å². The summed E-state index contributed by atoms with van der Waals surface area (Å²) in [6.45, 7) is 0. The quantitative estimate of drug-likeness (QED) is 0.371. The van der Waals surface area contributed by atoms with Gasteiger partial charge in [-0.2, -0.15) is 0 Å². The smallest absolute Gasteiger partial charge is 0.123 e. The summed E-state index contributed by atoms with van der Waals surface area (Å²) in [7, 11) is 0. The summed E-state index contributed by atoms with van der Waals surface area (Å²) in [6, 6.07) is 7.21. The van der Waals surface area contributed by atoms with Gasteiger partial charge in [-0.15, -0.1) is 0 Å². The maximum absolute atomic E-state index is 13.1. The summed E-state index contributed by atoms with van der Waals surface area (Å²) in [6.07, 6.45) is 20.7. The van der Waals surface area contributed by atoms with Crippen LogP contribution < -0.4 is 0 Å². The highest BCUT2D eigenvalue weighted by atomic mass is 19.1. The van der Waals surface area contributed by atoms with E-state index in [9.17, 15) is 8.78 Å². The predicted molar refractivity (Wildman–Crippen MR) is 114 cm³/mol. The molecule has 156 valence electrons. The largest absolute Gasteiger partial charge is 0.216 e. The van der Waals surface area contributed by atoms with Crippen molar-refractivity contribution in [2.45, 2.75) is 95.8 Å². The highest BCUT2D eigenvalue weighted by molar-refractivity contribution is 5.21. The van der Waals surface area contributed by atoms with E-state index in [1.54, 1.807) is 18.2 Å². The second-order valence-electron chi connectivity index (χ2n) is 9.30. The van der Waals surface area contributed by atoms with Crippen LogP contribution in [0.4, 0.5) is 8.78 Å². The Kier molecular flexibility index (Phi) is 9.02. The number of unbranched alkanes of at least 4 members (excludes halogenated alkanes) is 4. The third-order valence-electron chi connectivity index (χ3n) is 7.49. The lowest BCUT2D eigenvalue weighted by Crippen LogP contribution is -2.25. The van der Waals surface area contributed by atoms with E-state index >= 15 is 0 Å². The topological polar surface area (TPSA) is 0 Å². The van der Waals surface area contributed by atoms with Gasteiger partial charge in [-0.25, -0.2) is 8.78 Å². The molecule has 0 aromatic heterocycles. The first-order valence-electron chi connectivity index (χ1n) is 11.8. The second-order valence-corrected chi connectivity index (χ2v) is 9.30. The van der Waals surface area contributed by atoms with Gasteiger partial charge in [0.2, 0.25) is 0 Å². The van der Waals surface area contributed by atoms with Gasteiger partial charge in [-0.3, -0.25) is 0 Å². The van der Waals surface area contributed by atoms with E-state index in [0.717, 1.165) is 30.6 Å². The van der Waals surface area contributed by atoms with E-state index < -0.39 is 0 Å². The molecule has 0 heterocycles. The molecule has 0 amide bonds. The van der Waals surface area contributed by atoms with Crippen LogP contribution in [0.25, 0.3) is 0 Å². The van der Waals surface area contributed by atoms with Crippen molar-refractivity contribution >= 4 is 0 Å². The molecule has 2 fully saturated rings. The molecule has 0 spiro atoms. The SMILES string of the molecule is FC=CCCCCCCC1CCC(C2CCC(c3ccc(F)cc3)CC2)CC1. The first-order valence-corrected chi connectivity index (χ1v) is 11.8. The number of halogens is 2. The van der Waals surface area contributed by atoms with Gasteiger partial charge in [-0.1, -0.05) is 56.7 Å². The van der Waals surface area contributed by atoms with Crippen LogP contribution in [0.3, 0.4) is 0 Å². The van der Waals surface area contributed by atoms with Crippen LogP contribution in [0.1, 0.15) is 101 Å². The standard InChI is InChI=1S/C26H38F2/c27-20-6-4-2-1-3-5-7-21-8-10-22(11-9-21)23-12-14-24(15-13-23)25-16-18-26(28)19-17-25/h6,16-24H,1-5,7-15H2. The average molecular weight is 389 g/mol. The van der Waals surface area contributed by atoms with Crippen molar-refractivity contribution in [3.8, 4) is 0 Å². The zero-order valence-electron chi connectivity index (χ0n) is 17.4. The van der Waals surface area contributed by atoms with Crippen LogP contribution in [0.15, 0.2) is 36.7 Å². The molecule has 0 unspecified atom stereocenters. The summed E-state index contributed by atoms with van der Waals surface area (Å²) < 4.78 is 25.0. The number of hydrogen-bond donors (Lipinski definition) is 0. The average Bonchev–Trinajstić information content (AvgIpc) is 2.74. The van der Waals surface area contributed by atoms with Crippen LogP contribution in [-0.4, -0.2) is 0 Å². The minimum absolute atomic E-state index is 0.122. The Morgan fingerprint density at radius 3 is 2.00 bits per heavy atom. The van der Waals surface area contributed by atoms with Crippen molar-refractivity contribution in [2.24, 2.45) is 17.8 Å². The van der Waals surface area contributed by atoms with Crippen LogP contribution in [0.5, 0.6) is 0 Å². The molecule has 2 heteroatoms. The zero-order chi connectivity index (χ0) is 19.6. The molecule has 2 aliphatic carbocycles. The Morgan fingerprint density at radius 2 is 1.36 bits per heavy atom. The lowest BCUT2D eigenvalue weighted by atomic mass is 9.68. The summed E-state index contributed by atoms with van der Waals surface area (Å²) in [5.74, 6) is 3.37. The molecule has 0 N–H and O–H groups in total. The van der Waals surface area contributed by atoms with Gasteiger partial charge < -0.3 is 0 Å². The summed E-state index contributed by atoms with van der Waals surface area (Å²) in [4.78, 5) is 0. The Hall–Kier alpha value is -1.18. The molecule has 1 aromatic rings. The van der Waals surface area contributed by atoms with Crippen molar-refractivity contribution in [1.82, 2.24) is 0 Å². The molecule has 0 atom stereocenters. The summed E-state index contributed by atoms with van der Waals surface area (Å²) in [5.41, 5.74) is 1.34. The Labute approximate surface area is 170 Å². The number of allylic oxidation sites excluding steroid dienone is 1. The molecule has 0 bridgehead atoms. The van der Waals surface area contributed by atoms with E-state index in [1.165, 1.54) is 82.6 Å². The fourth-order valence-corrected chi connectivity index (χ4v) is 5.72. The molecule has 2 aliphatic rings. The molecule has 28 heavy (non-hydrogen) atoms. The molecule has 3 rings (SSSR count). The Balaban J connectivity index is 1.29. The van der Waals surface area contributed by atoms with Gasteiger partial charge in [0.05, 0.1) is 6.33 Å². The van der Waals surface area contributed by atoms with Crippen molar-refractivity contribution < 1.29 is 8.78 Å². The van der Waals surface area contributed by atoms with Crippen LogP contribution >= 0.6 is 0 Å². The van der Waals surface area contributed by atoms with E-state index in [4.69, 9.17) is 0 Å². The first-order chi connectivity index (χ1) is 13.8. The molecule has 2 saturated carbocycles. The maximum atomic E-state index is 13.1. The summed E-state index contributed by atoms with van der Waals surface area (Å²) in [5, 5.41) is 0. The molecule has 0 radical (unpaired) electrons. The third kappa shape index (κ3) is 6.71. The minimum Gasteiger partial charge on any atom is -0.216 e. The van der Waals surface area contributed by atoms with Gasteiger partial charge in [0.1, 0.15) is 5.82 Å². The fraction of sp³-hybridized carbons (Fsp3) is 0.692. The van der Waals surface area contributed by atoms with Crippen LogP contribution in [0, 0.1) is 23.6 Å². The highest BCUT2D eigenvalue weighted by Gasteiger charge is 2.31. The van der Waals surface area contributed by atoms with Crippen molar-refractivity contribution in [2.75, 3.05) is 0 Å². The molecular weight excluding hydrogens is 350 g/mol. The number of rotatable bonds is 9. The van der Waals surface area contributed by atoms with Crippen LogP contribution in [-0.2, 0) is 0 Å². The number of benzene rings is 1. The van der Waals surface area contributed by atoms with E-state index in [1.807, 2.05) is 12.1 Å². The fourth-order valence-electron chi connectivity index (χ4n) is 5.72. The first kappa shape index (κ1) is 21.5. The van der Waals surface area contributed by atoms with Gasteiger partial charge in [0, 0.05) is 0 Å². The number of hydrogen-bond acceptors (Lipinski definition) is 0. The normalized spacial score (nSPS) is 28.6. The van der Waals surface area contributed by atoms with Gasteiger partial charge in [-0.05, 0) is 92.7 Å². The maximum Gasteiger partial charge on any atom is 0.123 e. The molecule has 1 aromatic carbocycles. The Morgan fingerprint density at radius 1 is 0.750 bits per heavy atom. The molecule has 0 nitrogen and oxygen atoms in total.